The highest BCUT2D eigenvalue weighted by Gasteiger charge is 2.28. The van der Waals surface area contributed by atoms with Crippen molar-refractivity contribution in [2.45, 2.75) is 105 Å². The van der Waals surface area contributed by atoms with E-state index < -0.39 is 6.10 Å². The van der Waals surface area contributed by atoms with Crippen LogP contribution in [0, 0.1) is 28.1 Å². The number of benzene rings is 6. The number of fused-ring (bicyclic) bond motifs is 3. The second kappa shape index (κ2) is 24.7. The molecule has 0 spiro atoms. The van der Waals surface area contributed by atoms with Crippen LogP contribution >= 0.6 is 0 Å². The maximum Gasteiger partial charge on any atom is 0.255 e. The fourth-order valence-electron chi connectivity index (χ4n) is 9.69. The number of aliphatic hydroxyl groups excluding tert-OH is 1. The highest BCUT2D eigenvalue weighted by Crippen LogP contribution is 2.37. The molecule has 11 nitrogen and oxygen atoms in total. The van der Waals surface area contributed by atoms with Crippen molar-refractivity contribution in [1.82, 2.24) is 0 Å². The summed E-state index contributed by atoms with van der Waals surface area (Å²) in [5.74, 6) is 0.191. The number of Topliss-reactive ketones (excluding diaryl/α,β-unsaturated/α-hetero) is 1. The van der Waals surface area contributed by atoms with E-state index >= 15 is 0 Å². The molecule has 3 amide bonds. The molecule has 0 heterocycles. The summed E-state index contributed by atoms with van der Waals surface area (Å²) in [6, 6.07) is 38.6. The molecular formula is C63H68N6O5. The molecule has 3 aliphatic rings. The van der Waals surface area contributed by atoms with E-state index in [0.29, 0.717) is 45.4 Å². The molecule has 0 saturated carbocycles. The Morgan fingerprint density at radius 2 is 0.946 bits per heavy atom. The van der Waals surface area contributed by atoms with Crippen molar-refractivity contribution in [3.8, 4) is 0 Å². The van der Waals surface area contributed by atoms with E-state index in [-0.39, 0.29) is 29.4 Å². The van der Waals surface area contributed by atoms with Crippen molar-refractivity contribution < 1.29 is 24.3 Å². The van der Waals surface area contributed by atoms with Crippen molar-refractivity contribution in [2.75, 3.05) is 16.0 Å². The lowest BCUT2D eigenvalue weighted by Gasteiger charge is -2.29. The molecule has 0 aromatic heterocycles. The Labute approximate surface area is 435 Å². The number of anilines is 3. The Morgan fingerprint density at radius 1 is 0.514 bits per heavy atom. The topological polar surface area (TPSA) is 196 Å². The number of amides is 3. The van der Waals surface area contributed by atoms with Crippen molar-refractivity contribution in [2.24, 2.45) is 11.8 Å². The van der Waals surface area contributed by atoms with Crippen molar-refractivity contribution in [1.29, 1.82) is 16.2 Å². The van der Waals surface area contributed by atoms with Crippen LogP contribution in [0.2, 0.25) is 0 Å². The number of carbonyl (C=O) groups excluding carboxylic acids is 4. The molecule has 0 saturated heterocycles. The molecule has 6 aromatic carbocycles. The first-order valence-electron chi connectivity index (χ1n) is 25.8. The molecule has 0 radical (unpaired) electrons. The monoisotopic (exact) mass is 989 g/mol. The fourth-order valence-corrected chi connectivity index (χ4v) is 9.69. The van der Waals surface area contributed by atoms with E-state index in [0.717, 1.165) is 108 Å². The van der Waals surface area contributed by atoms with Gasteiger partial charge >= 0.3 is 0 Å². The van der Waals surface area contributed by atoms with Gasteiger partial charge in [-0.1, -0.05) is 87.4 Å². The lowest BCUT2D eigenvalue weighted by Crippen LogP contribution is -2.22. The summed E-state index contributed by atoms with van der Waals surface area (Å²) >= 11 is 0. The number of carbonyl (C=O) groups is 4. The molecule has 11 heteroatoms. The van der Waals surface area contributed by atoms with Crippen LogP contribution in [0.1, 0.15) is 172 Å². The predicted octanol–water partition coefficient (Wildman–Crippen LogP) is 13.9. The summed E-state index contributed by atoms with van der Waals surface area (Å²) < 4.78 is 0. The van der Waals surface area contributed by atoms with E-state index in [2.05, 4.69) is 48.0 Å². The smallest absolute Gasteiger partial charge is 0.255 e. The van der Waals surface area contributed by atoms with Crippen LogP contribution in [-0.2, 0) is 19.3 Å². The molecular weight excluding hydrogens is 921 g/mol. The lowest BCUT2D eigenvalue weighted by atomic mass is 9.80. The van der Waals surface area contributed by atoms with Crippen LogP contribution in [0.15, 0.2) is 133 Å². The summed E-state index contributed by atoms with van der Waals surface area (Å²) in [5.41, 5.74) is 15.8. The second-order valence-corrected chi connectivity index (χ2v) is 19.5. The van der Waals surface area contributed by atoms with Crippen LogP contribution in [0.5, 0.6) is 0 Å². The molecule has 380 valence electrons. The third-order valence-corrected chi connectivity index (χ3v) is 14.4. The standard InChI is InChI=1S/C21H24N2O2.C21H22N2O2.C21H22N2O/c2*1-3-14-4-9-17-12-18(10-11-19(17)20(14)24)23-21(25)16-7-5-15(6-8-16)13(2)22;1-3-15-4-5-19-13-20(11-10-18(19)12-15)23-21(24)17-8-6-16(7-9-17)14(2)22/h5-8,10-12,14,20,22,24H,3-4,9H2,1-2H3,(H,23,25);5-8,10-12,14,22H,3-4,9H2,1-2H3,(H,23,25);6-13,22H,3-5H2,1-2H3,(H,23,24). The van der Waals surface area contributed by atoms with Gasteiger partial charge in [0.15, 0.2) is 5.78 Å². The van der Waals surface area contributed by atoms with Gasteiger partial charge in [0.05, 0.1) is 6.10 Å². The quantitative estimate of drug-likeness (QED) is 0.0598. The van der Waals surface area contributed by atoms with Gasteiger partial charge in [-0.25, -0.2) is 0 Å². The minimum absolute atomic E-state index is 0.121. The lowest BCUT2D eigenvalue weighted by molar-refractivity contribution is 0.0897. The number of allylic oxidation sites excluding steroid dienone is 1. The van der Waals surface area contributed by atoms with E-state index in [1.54, 1.807) is 99.6 Å². The zero-order valence-corrected chi connectivity index (χ0v) is 43.4. The van der Waals surface area contributed by atoms with Crippen LogP contribution in [-0.4, -0.2) is 45.7 Å². The summed E-state index contributed by atoms with van der Waals surface area (Å²) in [6.07, 6.45) is 10.6. The highest BCUT2D eigenvalue weighted by atomic mass is 16.3. The molecule has 3 unspecified atom stereocenters. The summed E-state index contributed by atoms with van der Waals surface area (Å²) in [6.45, 7) is 11.5. The van der Waals surface area contributed by atoms with Gasteiger partial charge in [-0.05, 0) is 201 Å². The van der Waals surface area contributed by atoms with Crippen LogP contribution in [0.3, 0.4) is 0 Å². The summed E-state index contributed by atoms with van der Waals surface area (Å²) in [7, 11) is 0. The van der Waals surface area contributed by atoms with Crippen LogP contribution in [0.4, 0.5) is 17.1 Å². The van der Waals surface area contributed by atoms with E-state index in [1.165, 1.54) is 16.7 Å². The molecule has 7 N–H and O–H groups in total. The third-order valence-electron chi connectivity index (χ3n) is 14.4. The third kappa shape index (κ3) is 13.4. The van der Waals surface area contributed by atoms with E-state index in [4.69, 9.17) is 16.2 Å². The van der Waals surface area contributed by atoms with Gasteiger partial charge in [-0.3, -0.25) is 19.2 Å². The maximum absolute atomic E-state index is 12.4. The van der Waals surface area contributed by atoms with Gasteiger partial charge in [0.25, 0.3) is 17.7 Å². The summed E-state index contributed by atoms with van der Waals surface area (Å²) in [5, 5.41) is 42.0. The molecule has 0 aliphatic heterocycles. The molecule has 74 heavy (non-hydrogen) atoms. The Hall–Kier alpha value is -7.89. The van der Waals surface area contributed by atoms with Crippen LogP contribution < -0.4 is 16.0 Å². The number of rotatable bonds is 12. The molecule has 3 aliphatic carbocycles. The molecule has 9 rings (SSSR count). The van der Waals surface area contributed by atoms with E-state index in [9.17, 15) is 24.3 Å². The highest BCUT2D eigenvalue weighted by molar-refractivity contribution is 6.08. The predicted molar refractivity (Wildman–Crippen MR) is 300 cm³/mol. The van der Waals surface area contributed by atoms with Crippen molar-refractivity contribution in [3.63, 3.8) is 0 Å². The molecule has 6 aromatic rings. The minimum Gasteiger partial charge on any atom is -0.388 e. The van der Waals surface area contributed by atoms with Crippen LogP contribution in [0.25, 0.3) is 6.08 Å². The number of hydrogen-bond donors (Lipinski definition) is 7. The molecule has 0 fully saturated rings. The van der Waals surface area contributed by atoms with Crippen molar-refractivity contribution in [3.05, 3.63) is 200 Å². The first kappa shape index (κ1) is 53.9. The normalized spacial score (nSPS) is 16.2. The first-order chi connectivity index (χ1) is 35.5. The Bertz CT molecular complexity index is 3120. The number of nitrogens with one attached hydrogen (secondary N) is 6. The first-order valence-corrected chi connectivity index (χ1v) is 25.8. The number of aliphatic hydroxyl groups is 1. The Kier molecular flexibility index (Phi) is 18.0. The maximum atomic E-state index is 12.4. The Balaban J connectivity index is 0.000000162. The SMILES string of the molecule is CCC1=Cc2ccc(NC(=O)c3ccc(C(C)=N)cc3)cc2CC1.CCC1CCc2cc(NC(=O)c3ccc(C(C)=N)cc3)ccc2C1=O.CCC1CCc2cc(NC(=O)c3ccc(C(C)=N)cc3)ccc2C1O. The van der Waals surface area contributed by atoms with Crippen molar-refractivity contribution >= 4 is 63.8 Å². The zero-order chi connectivity index (χ0) is 53.1. The number of hydrogen-bond acceptors (Lipinski definition) is 8. The van der Waals surface area contributed by atoms with Gasteiger partial charge in [-0.15, -0.1) is 0 Å². The zero-order valence-electron chi connectivity index (χ0n) is 43.4. The van der Waals surface area contributed by atoms with Gasteiger partial charge in [0.2, 0.25) is 0 Å². The molecule has 0 bridgehead atoms. The molecule has 3 atom stereocenters. The number of ketones is 1. The average Bonchev–Trinajstić information content (AvgIpc) is 3.41. The second-order valence-electron chi connectivity index (χ2n) is 19.5. The van der Waals surface area contributed by atoms with E-state index in [1.807, 2.05) is 43.3 Å². The largest absolute Gasteiger partial charge is 0.388 e. The Morgan fingerprint density at radius 3 is 1.41 bits per heavy atom. The van der Waals surface area contributed by atoms with Gasteiger partial charge < -0.3 is 37.3 Å². The van der Waals surface area contributed by atoms with Gasteiger partial charge in [0.1, 0.15) is 0 Å². The van der Waals surface area contributed by atoms with Gasteiger partial charge in [-0.2, -0.15) is 0 Å². The minimum atomic E-state index is -0.407. The average molecular weight is 989 g/mol. The number of aryl methyl sites for hydroxylation is 3. The fraction of sp³-hybridized carbons (Fsp3) is 0.286. The summed E-state index contributed by atoms with van der Waals surface area (Å²) in [4.78, 5) is 49.6. The van der Waals surface area contributed by atoms with Gasteiger partial charge in [0, 0.05) is 62.4 Å².